The molecule has 1 N–H and O–H groups in total. The van der Waals surface area contributed by atoms with Crippen molar-refractivity contribution in [2.45, 2.75) is 12.6 Å². The Hall–Kier alpha value is -2.44. The summed E-state index contributed by atoms with van der Waals surface area (Å²) < 4.78 is 36.0. The number of alkyl halides is 3. The van der Waals surface area contributed by atoms with Gasteiger partial charge in [-0.15, -0.1) is 0 Å². The second kappa shape index (κ2) is 5.51. The molecule has 1 aliphatic carbocycles. The lowest BCUT2D eigenvalue weighted by molar-refractivity contribution is -0.173. The number of allylic oxidation sites excluding steroid dienone is 1. The van der Waals surface area contributed by atoms with Gasteiger partial charge >= 0.3 is 12.1 Å². The third-order valence-electron chi connectivity index (χ3n) is 2.97. The average molecular weight is 297 g/mol. The first-order valence-corrected chi connectivity index (χ1v) is 6.04. The van der Waals surface area contributed by atoms with Gasteiger partial charge in [0.2, 0.25) is 0 Å². The second-order valence-corrected chi connectivity index (χ2v) is 4.41. The first kappa shape index (κ1) is 15.0. The van der Waals surface area contributed by atoms with Crippen molar-refractivity contribution < 1.29 is 27.6 Å². The molecule has 0 spiro atoms. The van der Waals surface area contributed by atoms with Crippen LogP contribution in [0, 0.1) is 0 Å². The number of carbonyl (C=O) groups is 3. The molecule has 0 saturated carbocycles. The van der Waals surface area contributed by atoms with E-state index in [-0.39, 0.29) is 35.4 Å². The Morgan fingerprint density at radius 3 is 2.33 bits per heavy atom. The van der Waals surface area contributed by atoms with E-state index in [0.717, 1.165) is 6.08 Å². The monoisotopic (exact) mass is 297 g/mol. The standard InChI is InChI=1S/C14H10F3NO3/c15-14(16,17)13(21)18-6-5-8-7-11(19)9-3-1-2-4-10(9)12(8)20/h1-4,7H,5-6H2,(H,18,21). The Morgan fingerprint density at radius 1 is 1.10 bits per heavy atom. The predicted octanol–water partition coefficient (Wildman–Crippen LogP) is 2.06. The summed E-state index contributed by atoms with van der Waals surface area (Å²) in [6, 6.07) is 6.20. The number of rotatable bonds is 3. The molecule has 0 aliphatic heterocycles. The lowest BCUT2D eigenvalue weighted by Crippen LogP contribution is -2.37. The van der Waals surface area contributed by atoms with Gasteiger partial charge in [-0.2, -0.15) is 13.2 Å². The second-order valence-electron chi connectivity index (χ2n) is 4.41. The molecule has 0 saturated heterocycles. The van der Waals surface area contributed by atoms with E-state index in [4.69, 9.17) is 0 Å². The van der Waals surface area contributed by atoms with Crippen LogP contribution in [0.4, 0.5) is 13.2 Å². The van der Waals surface area contributed by atoms with Gasteiger partial charge in [0.15, 0.2) is 11.6 Å². The molecule has 110 valence electrons. The molecule has 7 heteroatoms. The van der Waals surface area contributed by atoms with Gasteiger partial charge in [-0.1, -0.05) is 24.3 Å². The maximum atomic E-state index is 12.1. The zero-order valence-electron chi connectivity index (χ0n) is 10.7. The van der Waals surface area contributed by atoms with Crippen molar-refractivity contribution >= 4 is 17.5 Å². The largest absolute Gasteiger partial charge is 0.471 e. The minimum Gasteiger partial charge on any atom is -0.348 e. The van der Waals surface area contributed by atoms with Crippen molar-refractivity contribution in [2.75, 3.05) is 6.54 Å². The Kier molecular flexibility index (Phi) is 3.93. The molecule has 1 aromatic rings. The van der Waals surface area contributed by atoms with Crippen LogP contribution in [-0.4, -0.2) is 30.2 Å². The van der Waals surface area contributed by atoms with Crippen molar-refractivity contribution in [2.24, 2.45) is 0 Å². The number of benzene rings is 1. The summed E-state index contributed by atoms with van der Waals surface area (Å²) >= 11 is 0. The maximum Gasteiger partial charge on any atom is 0.471 e. The van der Waals surface area contributed by atoms with Crippen LogP contribution in [0.2, 0.25) is 0 Å². The summed E-state index contributed by atoms with van der Waals surface area (Å²) in [7, 11) is 0. The van der Waals surface area contributed by atoms with Crippen LogP contribution in [0.1, 0.15) is 27.1 Å². The summed E-state index contributed by atoms with van der Waals surface area (Å²) in [5.74, 6) is -2.85. The quantitative estimate of drug-likeness (QED) is 0.929. The van der Waals surface area contributed by atoms with E-state index >= 15 is 0 Å². The van der Waals surface area contributed by atoms with Crippen molar-refractivity contribution in [1.29, 1.82) is 0 Å². The molecular formula is C14H10F3NO3. The lowest BCUT2D eigenvalue weighted by atomic mass is 9.88. The van der Waals surface area contributed by atoms with Gasteiger partial charge in [0.1, 0.15) is 0 Å². The number of nitrogens with one attached hydrogen (secondary N) is 1. The smallest absolute Gasteiger partial charge is 0.348 e. The normalized spacial score (nSPS) is 14.5. The van der Waals surface area contributed by atoms with Crippen LogP contribution in [0.3, 0.4) is 0 Å². The van der Waals surface area contributed by atoms with Gasteiger partial charge in [0.05, 0.1) is 0 Å². The molecule has 2 rings (SSSR count). The Morgan fingerprint density at radius 2 is 1.71 bits per heavy atom. The number of Topliss-reactive ketones (excluding diaryl/α,β-unsaturated/α-hetero) is 1. The van der Waals surface area contributed by atoms with Crippen molar-refractivity contribution in [3.63, 3.8) is 0 Å². The van der Waals surface area contributed by atoms with Crippen LogP contribution in [0.25, 0.3) is 0 Å². The third kappa shape index (κ3) is 3.18. The van der Waals surface area contributed by atoms with Crippen molar-refractivity contribution in [3.8, 4) is 0 Å². The summed E-state index contributed by atoms with van der Waals surface area (Å²) in [6.07, 6.45) is -4.00. The van der Waals surface area contributed by atoms with Gasteiger partial charge in [0, 0.05) is 23.2 Å². The number of hydrogen-bond acceptors (Lipinski definition) is 3. The molecule has 4 nitrogen and oxygen atoms in total. The average Bonchev–Trinajstić information content (AvgIpc) is 2.43. The molecule has 0 aromatic heterocycles. The molecule has 0 radical (unpaired) electrons. The van der Waals surface area contributed by atoms with E-state index in [1.54, 1.807) is 17.4 Å². The Labute approximate surface area is 117 Å². The highest BCUT2D eigenvalue weighted by Gasteiger charge is 2.38. The van der Waals surface area contributed by atoms with Crippen molar-refractivity contribution in [1.82, 2.24) is 5.32 Å². The van der Waals surface area contributed by atoms with Crippen LogP contribution in [-0.2, 0) is 4.79 Å². The SMILES string of the molecule is O=C1C=C(CCNC(=O)C(F)(F)F)C(=O)c2ccccc21. The van der Waals surface area contributed by atoms with E-state index in [0.29, 0.717) is 0 Å². The number of fused-ring (bicyclic) bond motifs is 1. The number of carbonyl (C=O) groups excluding carboxylic acids is 3. The highest BCUT2D eigenvalue weighted by Crippen LogP contribution is 2.22. The molecule has 0 fully saturated rings. The van der Waals surface area contributed by atoms with Gasteiger partial charge in [-0.05, 0) is 12.5 Å². The van der Waals surface area contributed by atoms with Gasteiger partial charge in [-0.3, -0.25) is 14.4 Å². The van der Waals surface area contributed by atoms with Crippen molar-refractivity contribution in [3.05, 3.63) is 47.0 Å². The Balaban J connectivity index is 2.05. The minimum absolute atomic E-state index is 0.0844. The molecular weight excluding hydrogens is 287 g/mol. The topological polar surface area (TPSA) is 63.2 Å². The molecule has 1 aromatic carbocycles. The van der Waals surface area contributed by atoms with Crippen LogP contribution < -0.4 is 5.32 Å². The van der Waals surface area contributed by atoms with Crippen LogP contribution in [0.5, 0.6) is 0 Å². The maximum absolute atomic E-state index is 12.1. The minimum atomic E-state index is -4.96. The summed E-state index contributed by atoms with van der Waals surface area (Å²) in [5.41, 5.74) is 0.578. The van der Waals surface area contributed by atoms with E-state index in [9.17, 15) is 27.6 Å². The molecule has 1 amide bonds. The summed E-state index contributed by atoms with van der Waals surface area (Å²) in [6.45, 7) is -0.370. The molecule has 0 atom stereocenters. The van der Waals surface area contributed by atoms with E-state index in [2.05, 4.69) is 0 Å². The zero-order chi connectivity index (χ0) is 15.6. The molecule has 0 bridgehead atoms. The highest BCUT2D eigenvalue weighted by molar-refractivity contribution is 6.24. The molecule has 0 heterocycles. The van der Waals surface area contributed by atoms with E-state index in [1.807, 2.05) is 0 Å². The Bertz CT molecular complexity index is 647. The lowest BCUT2D eigenvalue weighted by Gasteiger charge is -2.15. The van der Waals surface area contributed by atoms with E-state index in [1.165, 1.54) is 12.1 Å². The zero-order valence-corrected chi connectivity index (χ0v) is 10.7. The van der Waals surface area contributed by atoms with Gasteiger partial charge in [0.25, 0.3) is 0 Å². The fourth-order valence-electron chi connectivity index (χ4n) is 1.97. The molecule has 1 aliphatic rings. The summed E-state index contributed by atoms with van der Waals surface area (Å²) in [5, 5.41) is 1.66. The van der Waals surface area contributed by atoms with Crippen LogP contribution in [0.15, 0.2) is 35.9 Å². The molecule has 0 unspecified atom stereocenters. The number of amides is 1. The number of ketones is 2. The first-order valence-electron chi connectivity index (χ1n) is 6.04. The fraction of sp³-hybridized carbons (Fsp3) is 0.214. The van der Waals surface area contributed by atoms with Crippen LogP contribution >= 0.6 is 0 Å². The highest BCUT2D eigenvalue weighted by atomic mass is 19.4. The summed E-state index contributed by atoms with van der Waals surface area (Å²) in [4.78, 5) is 34.5. The fourth-order valence-corrected chi connectivity index (χ4v) is 1.97. The first-order chi connectivity index (χ1) is 9.80. The number of hydrogen-bond donors (Lipinski definition) is 1. The third-order valence-corrected chi connectivity index (χ3v) is 2.97. The number of halogens is 3. The van der Waals surface area contributed by atoms with E-state index < -0.39 is 17.9 Å². The molecule has 21 heavy (non-hydrogen) atoms. The van der Waals surface area contributed by atoms with Gasteiger partial charge < -0.3 is 5.32 Å². The van der Waals surface area contributed by atoms with Gasteiger partial charge in [-0.25, -0.2) is 0 Å². The predicted molar refractivity (Wildman–Crippen MR) is 66.9 cm³/mol.